The zero-order chi connectivity index (χ0) is 11.6. The highest BCUT2D eigenvalue weighted by atomic mass is 14.1. The van der Waals surface area contributed by atoms with Gasteiger partial charge in [0.05, 0.1) is 0 Å². The van der Waals surface area contributed by atoms with Crippen molar-refractivity contribution in [3.05, 3.63) is 48.1 Å². The smallest absolute Gasteiger partial charge is 0.0160 e. The van der Waals surface area contributed by atoms with E-state index < -0.39 is 0 Å². The quantitative estimate of drug-likeness (QED) is 0.569. The molecule has 16 heavy (non-hydrogen) atoms. The lowest BCUT2D eigenvalue weighted by atomic mass is 9.95. The molecule has 0 saturated heterocycles. The topological polar surface area (TPSA) is 0 Å². The highest BCUT2D eigenvalue weighted by molar-refractivity contribution is 5.27. The van der Waals surface area contributed by atoms with Crippen LogP contribution in [0, 0.1) is 6.08 Å². The van der Waals surface area contributed by atoms with E-state index in [0.717, 1.165) is 12.8 Å². The number of hydrogen-bond donors (Lipinski definition) is 0. The fourth-order valence-electron chi connectivity index (χ4n) is 1.99. The molecule has 0 N–H and O–H groups in total. The Morgan fingerprint density at radius 1 is 1.31 bits per heavy atom. The zero-order valence-corrected chi connectivity index (χ0v) is 10.5. The number of hydrogen-bond acceptors (Lipinski definition) is 0. The van der Waals surface area contributed by atoms with Crippen LogP contribution in [0.3, 0.4) is 0 Å². The van der Waals surface area contributed by atoms with Gasteiger partial charge in [0.15, 0.2) is 0 Å². The average Bonchev–Trinajstić information content (AvgIpc) is 2.23. The van der Waals surface area contributed by atoms with Crippen LogP contribution in [0.15, 0.2) is 42.0 Å². The molecule has 0 fully saturated rings. The summed E-state index contributed by atoms with van der Waals surface area (Å²) in [4.78, 5) is 0. The molecule has 0 saturated carbocycles. The maximum atomic E-state index is 3.66. The van der Waals surface area contributed by atoms with E-state index in [1.54, 1.807) is 0 Å². The Labute approximate surface area is 100 Å². The van der Waals surface area contributed by atoms with Gasteiger partial charge in [0, 0.05) is 0 Å². The van der Waals surface area contributed by atoms with Gasteiger partial charge in [-0.3, -0.25) is 0 Å². The minimum absolute atomic E-state index is 1.00. The van der Waals surface area contributed by atoms with Crippen molar-refractivity contribution in [1.29, 1.82) is 0 Å². The van der Waals surface area contributed by atoms with Gasteiger partial charge < -0.3 is 0 Å². The van der Waals surface area contributed by atoms with Crippen molar-refractivity contribution in [1.82, 2.24) is 0 Å². The Hall–Kier alpha value is -1.04. The minimum atomic E-state index is 1.00. The molecule has 0 amide bonds. The second-order valence-electron chi connectivity index (χ2n) is 4.36. The van der Waals surface area contributed by atoms with Crippen molar-refractivity contribution in [2.24, 2.45) is 0 Å². The standard InChI is InChI=1S/C16H23/c1-3-4-5-9-12-15(2)16-13-10-7-6-8-11-14-16/h3-5,12H,1,6-11,13H2,2H3. The van der Waals surface area contributed by atoms with Crippen LogP contribution in [0.5, 0.6) is 0 Å². The molecular formula is C16H23. The summed E-state index contributed by atoms with van der Waals surface area (Å²) in [6.07, 6.45) is 20.6. The van der Waals surface area contributed by atoms with Gasteiger partial charge >= 0.3 is 0 Å². The Kier molecular flexibility index (Phi) is 6.64. The van der Waals surface area contributed by atoms with Crippen LogP contribution in [0.25, 0.3) is 0 Å². The maximum absolute atomic E-state index is 3.66. The lowest BCUT2D eigenvalue weighted by Gasteiger charge is -2.11. The van der Waals surface area contributed by atoms with Crippen LogP contribution in [0.1, 0.15) is 51.9 Å². The Morgan fingerprint density at radius 2 is 2.12 bits per heavy atom. The van der Waals surface area contributed by atoms with E-state index in [-0.39, 0.29) is 0 Å². The SMILES string of the molecule is C=CC=CCC=C(C)/C1=[C]/CCCCCC1. The van der Waals surface area contributed by atoms with Crippen LogP contribution in [-0.2, 0) is 0 Å². The predicted octanol–water partition coefficient (Wildman–Crippen LogP) is 5.15. The van der Waals surface area contributed by atoms with Gasteiger partial charge in [-0.1, -0.05) is 49.3 Å². The third kappa shape index (κ3) is 5.16. The van der Waals surface area contributed by atoms with Crippen LogP contribution >= 0.6 is 0 Å². The van der Waals surface area contributed by atoms with Gasteiger partial charge in [-0.05, 0) is 50.7 Å². The third-order valence-corrected chi connectivity index (χ3v) is 3.00. The summed E-state index contributed by atoms with van der Waals surface area (Å²) in [5.41, 5.74) is 2.86. The second kappa shape index (κ2) is 8.15. The zero-order valence-electron chi connectivity index (χ0n) is 10.5. The van der Waals surface area contributed by atoms with Gasteiger partial charge in [-0.2, -0.15) is 0 Å². The number of rotatable bonds is 4. The predicted molar refractivity (Wildman–Crippen MR) is 72.2 cm³/mol. The van der Waals surface area contributed by atoms with Crippen molar-refractivity contribution in [2.45, 2.75) is 51.9 Å². The van der Waals surface area contributed by atoms with Gasteiger partial charge in [0.2, 0.25) is 0 Å². The summed E-state index contributed by atoms with van der Waals surface area (Å²) in [6.45, 7) is 5.88. The molecule has 1 aliphatic carbocycles. The first-order valence-corrected chi connectivity index (χ1v) is 6.39. The number of allylic oxidation sites excluding steroid dienone is 7. The Bertz CT molecular complexity index is 289. The molecule has 87 valence electrons. The van der Waals surface area contributed by atoms with Crippen LogP contribution < -0.4 is 0 Å². The van der Waals surface area contributed by atoms with E-state index in [1.807, 2.05) is 12.2 Å². The largest absolute Gasteiger partial charge is 0.0991 e. The lowest BCUT2D eigenvalue weighted by Crippen LogP contribution is -1.92. The highest BCUT2D eigenvalue weighted by Gasteiger charge is 2.03. The molecule has 0 aromatic rings. The Balaban J connectivity index is 2.52. The molecule has 0 heteroatoms. The van der Waals surface area contributed by atoms with Gasteiger partial charge in [0.1, 0.15) is 0 Å². The average molecular weight is 215 g/mol. The fraction of sp³-hybridized carbons (Fsp3) is 0.500. The van der Waals surface area contributed by atoms with E-state index in [0.29, 0.717) is 0 Å². The van der Waals surface area contributed by atoms with E-state index in [2.05, 4.69) is 31.7 Å². The normalized spacial score (nSPS) is 22.3. The molecule has 0 aromatic carbocycles. The first kappa shape index (κ1) is 13.0. The molecule has 0 atom stereocenters. The molecule has 0 spiro atoms. The van der Waals surface area contributed by atoms with Crippen molar-refractivity contribution in [2.75, 3.05) is 0 Å². The van der Waals surface area contributed by atoms with Gasteiger partial charge in [-0.25, -0.2) is 0 Å². The first-order chi connectivity index (χ1) is 7.84. The van der Waals surface area contributed by atoms with E-state index in [1.165, 1.54) is 43.3 Å². The van der Waals surface area contributed by atoms with E-state index in [9.17, 15) is 0 Å². The second-order valence-corrected chi connectivity index (χ2v) is 4.36. The molecule has 0 heterocycles. The minimum Gasteiger partial charge on any atom is -0.0991 e. The molecular weight excluding hydrogens is 192 g/mol. The molecule has 0 nitrogen and oxygen atoms in total. The molecule has 0 aliphatic heterocycles. The molecule has 1 aliphatic rings. The highest BCUT2D eigenvalue weighted by Crippen LogP contribution is 2.22. The van der Waals surface area contributed by atoms with Crippen LogP contribution in [0.4, 0.5) is 0 Å². The summed E-state index contributed by atoms with van der Waals surface area (Å²) < 4.78 is 0. The maximum Gasteiger partial charge on any atom is -0.0160 e. The van der Waals surface area contributed by atoms with E-state index in [4.69, 9.17) is 0 Å². The summed E-state index contributed by atoms with van der Waals surface area (Å²) in [6, 6.07) is 0. The molecule has 1 radical (unpaired) electrons. The fourth-order valence-corrected chi connectivity index (χ4v) is 1.99. The van der Waals surface area contributed by atoms with Crippen molar-refractivity contribution < 1.29 is 0 Å². The molecule has 0 unspecified atom stereocenters. The van der Waals surface area contributed by atoms with Crippen LogP contribution in [0.2, 0.25) is 0 Å². The summed E-state index contributed by atoms with van der Waals surface area (Å²) in [7, 11) is 0. The van der Waals surface area contributed by atoms with Gasteiger partial charge in [0.25, 0.3) is 0 Å². The lowest BCUT2D eigenvalue weighted by molar-refractivity contribution is 0.621. The third-order valence-electron chi connectivity index (χ3n) is 3.00. The monoisotopic (exact) mass is 215 g/mol. The van der Waals surface area contributed by atoms with Crippen LogP contribution in [-0.4, -0.2) is 0 Å². The van der Waals surface area contributed by atoms with Crippen molar-refractivity contribution >= 4 is 0 Å². The van der Waals surface area contributed by atoms with E-state index >= 15 is 0 Å². The summed E-state index contributed by atoms with van der Waals surface area (Å²) in [5.74, 6) is 0. The molecule has 0 bridgehead atoms. The van der Waals surface area contributed by atoms with Crippen molar-refractivity contribution in [3.8, 4) is 0 Å². The molecule has 0 aromatic heterocycles. The Morgan fingerprint density at radius 3 is 2.94 bits per heavy atom. The first-order valence-electron chi connectivity index (χ1n) is 6.39. The molecule has 1 rings (SSSR count). The van der Waals surface area contributed by atoms with Crippen molar-refractivity contribution in [3.63, 3.8) is 0 Å². The van der Waals surface area contributed by atoms with Gasteiger partial charge in [-0.15, -0.1) is 0 Å². The summed E-state index contributed by atoms with van der Waals surface area (Å²) in [5, 5.41) is 0. The summed E-state index contributed by atoms with van der Waals surface area (Å²) >= 11 is 0.